The van der Waals surface area contributed by atoms with Crippen LogP contribution in [0.2, 0.25) is 0 Å². The molecule has 1 aliphatic rings. The van der Waals surface area contributed by atoms with Crippen molar-refractivity contribution in [2.75, 3.05) is 36.5 Å². The first kappa shape index (κ1) is 10.3. The highest BCUT2D eigenvalue weighted by Gasteiger charge is 2.19. The van der Waals surface area contributed by atoms with Gasteiger partial charge in [0, 0.05) is 32.7 Å². The van der Waals surface area contributed by atoms with E-state index in [0.717, 1.165) is 19.6 Å². The lowest BCUT2D eigenvalue weighted by atomic mass is 10.1. The summed E-state index contributed by atoms with van der Waals surface area (Å²) in [6, 6.07) is 8.74. The number of hydrogen-bond acceptors (Lipinski definition) is 3. The Hall–Kier alpha value is -1.22. The summed E-state index contributed by atoms with van der Waals surface area (Å²) in [6.45, 7) is 5.13. The van der Waals surface area contributed by atoms with Crippen molar-refractivity contribution in [3.8, 4) is 0 Å². The lowest BCUT2D eigenvalue weighted by Gasteiger charge is -2.37. The van der Waals surface area contributed by atoms with Gasteiger partial charge in [0.1, 0.15) is 0 Å². The number of nitrogens with zero attached hydrogens (tertiary/aromatic N) is 2. The average molecular weight is 205 g/mol. The van der Waals surface area contributed by atoms with E-state index in [9.17, 15) is 0 Å². The summed E-state index contributed by atoms with van der Waals surface area (Å²) in [7, 11) is 2.14. The van der Waals surface area contributed by atoms with E-state index >= 15 is 0 Å². The van der Waals surface area contributed by atoms with Crippen molar-refractivity contribution in [3.63, 3.8) is 0 Å². The molecule has 1 aliphatic heterocycles. The molecule has 0 saturated carbocycles. The molecule has 3 nitrogen and oxygen atoms in total. The highest BCUT2D eigenvalue weighted by atomic mass is 15.3. The molecule has 3 heteroatoms. The van der Waals surface area contributed by atoms with Gasteiger partial charge in [0.05, 0.1) is 11.4 Å². The molecular weight excluding hydrogens is 186 g/mol. The molecule has 2 N–H and O–H groups in total. The summed E-state index contributed by atoms with van der Waals surface area (Å²) in [5, 5.41) is 0. The Morgan fingerprint density at radius 2 is 1.93 bits per heavy atom. The van der Waals surface area contributed by atoms with Crippen LogP contribution in [-0.4, -0.2) is 32.7 Å². The van der Waals surface area contributed by atoms with Gasteiger partial charge < -0.3 is 15.5 Å². The number of fused-ring (bicyclic) bond motifs is 1. The van der Waals surface area contributed by atoms with Crippen LogP contribution in [0, 0.1) is 0 Å². The Kier molecular flexibility index (Phi) is 2.82. The SMILES string of the molecule is C[C@H](N)CN1CCN(C)c2ccccc21. The van der Waals surface area contributed by atoms with Crippen LogP contribution in [0.3, 0.4) is 0 Å². The third-order valence-corrected chi connectivity index (χ3v) is 2.85. The number of para-hydroxylation sites is 2. The molecule has 0 fully saturated rings. The van der Waals surface area contributed by atoms with Crippen molar-refractivity contribution >= 4 is 11.4 Å². The lowest BCUT2D eigenvalue weighted by molar-refractivity contribution is 0.657. The molecule has 82 valence electrons. The van der Waals surface area contributed by atoms with Crippen LogP contribution in [0.1, 0.15) is 6.92 Å². The molecule has 1 aromatic rings. The van der Waals surface area contributed by atoms with Gasteiger partial charge in [-0.2, -0.15) is 0 Å². The van der Waals surface area contributed by atoms with Crippen molar-refractivity contribution < 1.29 is 0 Å². The first-order valence-electron chi connectivity index (χ1n) is 5.49. The van der Waals surface area contributed by atoms with Gasteiger partial charge in [-0.25, -0.2) is 0 Å². The minimum Gasteiger partial charge on any atom is -0.371 e. The zero-order valence-electron chi connectivity index (χ0n) is 9.48. The van der Waals surface area contributed by atoms with Crippen LogP contribution in [0.5, 0.6) is 0 Å². The maximum Gasteiger partial charge on any atom is 0.0605 e. The Labute approximate surface area is 91.5 Å². The van der Waals surface area contributed by atoms with Crippen molar-refractivity contribution in [2.24, 2.45) is 5.73 Å². The van der Waals surface area contributed by atoms with Gasteiger partial charge in [-0.05, 0) is 19.1 Å². The molecule has 0 radical (unpaired) electrons. The summed E-state index contributed by atoms with van der Waals surface area (Å²) in [5.41, 5.74) is 8.48. The fourth-order valence-electron chi connectivity index (χ4n) is 2.10. The quantitative estimate of drug-likeness (QED) is 0.789. The zero-order valence-corrected chi connectivity index (χ0v) is 9.48. The third-order valence-electron chi connectivity index (χ3n) is 2.85. The van der Waals surface area contributed by atoms with E-state index < -0.39 is 0 Å². The Morgan fingerprint density at radius 1 is 1.27 bits per heavy atom. The van der Waals surface area contributed by atoms with E-state index in [-0.39, 0.29) is 6.04 Å². The predicted octanol–water partition coefficient (Wildman–Crippen LogP) is 1.29. The molecule has 0 aromatic heterocycles. The van der Waals surface area contributed by atoms with Crippen LogP contribution < -0.4 is 15.5 Å². The van der Waals surface area contributed by atoms with Gasteiger partial charge in [-0.1, -0.05) is 12.1 Å². The first-order valence-corrected chi connectivity index (χ1v) is 5.49. The summed E-state index contributed by atoms with van der Waals surface area (Å²) < 4.78 is 0. The minimum atomic E-state index is 0.224. The second kappa shape index (κ2) is 4.11. The molecule has 0 spiro atoms. The van der Waals surface area contributed by atoms with E-state index in [1.54, 1.807) is 0 Å². The Balaban J connectivity index is 2.28. The Bertz CT molecular complexity index is 335. The van der Waals surface area contributed by atoms with E-state index in [2.05, 4.69) is 48.0 Å². The van der Waals surface area contributed by atoms with Crippen molar-refractivity contribution in [1.29, 1.82) is 0 Å². The van der Waals surface area contributed by atoms with Gasteiger partial charge in [0.15, 0.2) is 0 Å². The van der Waals surface area contributed by atoms with Crippen molar-refractivity contribution in [3.05, 3.63) is 24.3 Å². The van der Waals surface area contributed by atoms with E-state index in [4.69, 9.17) is 5.73 Å². The molecule has 0 saturated heterocycles. The van der Waals surface area contributed by atoms with Gasteiger partial charge in [0.2, 0.25) is 0 Å². The summed E-state index contributed by atoms with van der Waals surface area (Å²) in [4.78, 5) is 4.67. The number of anilines is 2. The molecule has 2 rings (SSSR count). The number of nitrogens with two attached hydrogens (primary N) is 1. The monoisotopic (exact) mass is 205 g/mol. The summed E-state index contributed by atoms with van der Waals surface area (Å²) in [6.07, 6.45) is 0. The maximum atomic E-state index is 5.86. The number of rotatable bonds is 2. The standard InChI is InChI=1S/C12H19N3/c1-10(13)9-15-8-7-14(2)11-5-3-4-6-12(11)15/h3-6,10H,7-9,13H2,1-2H3/t10-/m0/s1. The second-order valence-electron chi connectivity index (χ2n) is 4.33. The molecule has 0 aliphatic carbocycles. The first-order chi connectivity index (χ1) is 7.18. The van der Waals surface area contributed by atoms with Crippen molar-refractivity contribution in [1.82, 2.24) is 0 Å². The molecule has 15 heavy (non-hydrogen) atoms. The highest BCUT2D eigenvalue weighted by Crippen LogP contribution is 2.31. The third kappa shape index (κ3) is 2.07. The zero-order chi connectivity index (χ0) is 10.8. The number of benzene rings is 1. The van der Waals surface area contributed by atoms with Gasteiger partial charge in [-0.15, -0.1) is 0 Å². The van der Waals surface area contributed by atoms with Crippen LogP contribution in [0.4, 0.5) is 11.4 Å². The molecule has 0 unspecified atom stereocenters. The van der Waals surface area contributed by atoms with Crippen LogP contribution >= 0.6 is 0 Å². The minimum absolute atomic E-state index is 0.224. The van der Waals surface area contributed by atoms with Gasteiger partial charge in [0.25, 0.3) is 0 Å². The molecule has 1 aromatic carbocycles. The number of likely N-dealkylation sites (N-methyl/N-ethyl adjacent to an activating group) is 1. The summed E-state index contributed by atoms with van der Waals surface area (Å²) in [5.74, 6) is 0. The van der Waals surface area contributed by atoms with Crippen LogP contribution in [-0.2, 0) is 0 Å². The Morgan fingerprint density at radius 3 is 2.60 bits per heavy atom. The van der Waals surface area contributed by atoms with Gasteiger partial charge in [-0.3, -0.25) is 0 Å². The summed E-state index contributed by atoms with van der Waals surface area (Å²) >= 11 is 0. The fourth-order valence-corrected chi connectivity index (χ4v) is 2.10. The average Bonchev–Trinajstić information content (AvgIpc) is 2.22. The normalized spacial score (nSPS) is 17.5. The fraction of sp³-hybridized carbons (Fsp3) is 0.500. The van der Waals surface area contributed by atoms with Gasteiger partial charge >= 0.3 is 0 Å². The van der Waals surface area contributed by atoms with E-state index in [1.165, 1.54) is 11.4 Å². The molecule has 0 bridgehead atoms. The topological polar surface area (TPSA) is 32.5 Å². The maximum absolute atomic E-state index is 5.86. The second-order valence-corrected chi connectivity index (χ2v) is 4.33. The largest absolute Gasteiger partial charge is 0.371 e. The predicted molar refractivity (Wildman–Crippen MR) is 65.6 cm³/mol. The van der Waals surface area contributed by atoms with E-state index in [1.807, 2.05) is 0 Å². The highest BCUT2D eigenvalue weighted by molar-refractivity contribution is 5.73. The molecule has 0 amide bonds. The molecule has 1 atom stereocenters. The number of hydrogen-bond donors (Lipinski definition) is 1. The van der Waals surface area contributed by atoms with Crippen molar-refractivity contribution in [2.45, 2.75) is 13.0 Å². The van der Waals surface area contributed by atoms with Crippen LogP contribution in [0.15, 0.2) is 24.3 Å². The molecule has 1 heterocycles. The van der Waals surface area contributed by atoms with Crippen LogP contribution in [0.25, 0.3) is 0 Å². The molecular formula is C12H19N3. The smallest absolute Gasteiger partial charge is 0.0605 e. The van der Waals surface area contributed by atoms with E-state index in [0.29, 0.717) is 0 Å². The lowest BCUT2D eigenvalue weighted by Crippen LogP contribution is -2.44.